The lowest BCUT2D eigenvalue weighted by atomic mass is 9.91. The highest BCUT2D eigenvalue weighted by molar-refractivity contribution is 5.99. The summed E-state index contributed by atoms with van der Waals surface area (Å²) in [6.07, 6.45) is 1.61. The molecule has 0 spiro atoms. The molecule has 0 radical (unpaired) electrons. The second kappa shape index (κ2) is 10.1. The van der Waals surface area contributed by atoms with Gasteiger partial charge in [-0.1, -0.05) is 31.0 Å². The van der Waals surface area contributed by atoms with Gasteiger partial charge in [0, 0.05) is 40.8 Å². The normalized spacial score (nSPS) is 17.6. The number of rotatable bonds is 7. The Morgan fingerprint density at radius 2 is 1.87 bits per heavy atom. The topological polar surface area (TPSA) is 64.3 Å². The Labute approximate surface area is 224 Å². The molecule has 5 nitrogen and oxygen atoms in total. The quantitative estimate of drug-likeness (QED) is 0.262. The van der Waals surface area contributed by atoms with Crippen LogP contribution in [0.5, 0.6) is 5.75 Å². The third kappa shape index (κ3) is 4.88. The van der Waals surface area contributed by atoms with Crippen LogP contribution in [0.1, 0.15) is 72.7 Å². The molecule has 0 unspecified atom stereocenters. The molecule has 1 saturated carbocycles. The van der Waals surface area contributed by atoms with Crippen molar-refractivity contribution in [2.75, 3.05) is 0 Å². The fourth-order valence-corrected chi connectivity index (χ4v) is 6.42. The SMILES string of the molecule is O=C(O)C[C@@H]1CCn2c1c(-c1ccccn1)c1cc(OCc3ccc(C4CCCC4)c(C(F)(F)F)c3)ccc12. The zero-order valence-corrected chi connectivity index (χ0v) is 21.4. The van der Waals surface area contributed by atoms with E-state index in [9.17, 15) is 23.1 Å². The second-order valence-electron chi connectivity index (χ2n) is 10.6. The summed E-state index contributed by atoms with van der Waals surface area (Å²) >= 11 is 0. The van der Waals surface area contributed by atoms with Gasteiger partial charge < -0.3 is 14.4 Å². The second-order valence-corrected chi connectivity index (χ2v) is 10.6. The van der Waals surface area contributed by atoms with Crippen LogP contribution in [0, 0.1) is 0 Å². The van der Waals surface area contributed by atoms with Crippen molar-refractivity contribution in [3.8, 4) is 17.0 Å². The summed E-state index contributed by atoms with van der Waals surface area (Å²) in [6.45, 7) is 0.720. The molecule has 0 amide bonds. The van der Waals surface area contributed by atoms with Crippen LogP contribution in [0.25, 0.3) is 22.2 Å². The maximum Gasteiger partial charge on any atom is 0.416 e. The van der Waals surface area contributed by atoms with Gasteiger partial charge in [0.15, 0.2) is 0 Å². The van der Waals surface area contributed by atoms with Crippen molar-refractivity contribution >= 4 is 16.9 Å². The Morgan fingerprint density at radius 3 is 2.59 bits per heavy atom. The third-order valence-electron chi connectivity index (χ3n) is 8.13. The molecule has 6 rings (SSSR count). The molecular formula is C31H29F3N2O3. The van der Waals surface area contributed by atoms with Crippen molar-refractivity contribution in [2.45, 2.75) is 69.7 Å². The van der Waals surface area contributed by atoms with E-state index in [1.807, 2.05) is 36.4 Å². The summed E-state index contributed by atoms with van der Waals surface area (Å²) in [5, 5.41) is 10.4. The molecule has 1 atom stereocenters. The van der Waals surface area contributed by atoms with Gasteiger partial charge in [0.25, 0.3) is 0 Å². The molecule has 2 aliphatic rings. The van der Waals surface area contributed by atoms with Crippen LogP contribution in [0.15, 0.2) is 60.8 Å². The van der Waals surface area contributed by atoms with E-state index in [2.05, 4.69) is 9.55 Å². The van der Waals surface area contributed by atoms with Crippen LogP contribution in [0.3, 0.4) is 0 Å². The Kier molecular flexibility index (Phi) is 6.57. The number of hydrogen-bond donors (Lipinski definition) is 1. The third-order valence-corrected chi connectivity index (χ3v) is 8.13. The number of pyridine rings is 1. The molecule has 1 aliphatic carbocycles. The van der Waals surface area contributed by atoms with Gasteiger partial charge in [0.1, 0.15) is 12.4 Å². The number of aliphatic carboxylic acids is 1. The first-order valence-corrected chi connectivity index (χ1v) is 13.4. The Hall–Kier alpha value is -3.81. The van der Waals surface area contributed by atoms with Crippen LogP contribution in [0.2, 0.25) is 0 Å². The number of carboxylic acids is 1. The van der Waals surface area contributed by atoms with E-state index < -0.39 is 17.7 Å². The molecule has 8 heteroatoms. The monoisotopic (exact) mass is 534 g/mol. The number of carbonyl (C=O) groups is 1. The van der Waals surface area contributed by atoms with E-state index in [1.54, 1.807) is 18.3 Å². The van der Waals surface area contributed by atoms with E-state index in [0.29, 0.717) is 23.4 Å². The number of carboxylic acid groups (broad SMARTS) is 1. The van der Waals surface area contributed by atoms with Crippen LogP contribution in [0.4, 0.5) is 13.2 Å². The highest BCUT2D eigenvalue weighted by Gasteiger charge is 2.36. The Morgan fingerprint density at radius 1 is 1.05 bits per heavy atom. The molecule has 1 fully saturated rings. The van der Waals surface area contributed by atoms with Gasteiger partial charge in [0.2, 0.25) is 0 Å². The van der Waals surface area contributed by atoms with Crippen LogP contribution in [-0.4, -0.2) is 20.6 Å². The maximum absolute atomic E-state index is 13.9. The van der Waals surface area contributed by atoms with Gasteiger partial charge in [-0.25, -0.2) is 0 Å². The lowest BCUT2D eigenvalue weighted by Crippen LogP contribution is -2.12. The fraction of sp³-hybridized carbons (Fsp3) is 0.355. The number of ether oxygens (including phenoxy) is 1. The van der Waals surface area contributed by atoms with Gasteiger partial charge in [-0.3, -0.25) is 9.78 Å². The molecule has 0 saturated heterocycles. The molecule has 2 aromatic heterocycles. The van der Waals surface area contributed by atoms with Crippen molar-refractivity contribution in [1.82, 2.24) is 9.55 Å². The molecule has 1 aliphatic heterocycles. The number of halogens is 3. The first-order chi connectivity index (χ1) is 18.8. The summed E-state index contributed by atoms with van der Waals surface area (Å²) in [7, 11) is 0. The van der Waals surface area contributed by atoms with Crippen molar-refractivity contribution < 1.29 is 27.8 Å². The highest BCUT2D eigenvalue weighted by atomic mass is 19.4. The Balaban J connectivity index is 1.33. The summed E-state index contributed by atoms with van der Waals surface area (Å²) < 4.78 is 50.0. The minimum atomic E-state index is -4.41. The van der Waals surface area contributed by atoms with Crippen molar-refractivity contribution in [3.63, 3.8) is 0 Å². The minimum Gasteiger partial charge on any atom is -0.489 e. The van der Waals surface area contributed by atoms with Gasteiger partial charge >= 0.3 is 12.1 Å². The van der Waals surface area contributed by atoms with E-state index in [0.717, 1.165) is 60.0 Å². The lowest BCUT2D eigenvalue weighted by Gasteiger charge is -2.19. The van der Waals surface area contributed by atoms with E-state index in [1.165, 1.54) is 6.07 Å². The fourth-order valence-electron chi connectivity index (χ4n) is 6.42. The summed E-state index contributed by atoms with van der Waals surface area (Å²) in [5.41, 5.74) is 3.87. The number of nitrogens with zero attached hydrogens (tertiary/aromatic N) is 2. The largest absolute Gasteiger partial charge is 0.489 e. The van der Waals surface area contributed by atoms with Gasteiger partial charge in [-0.2, -0.15) is 13.2 Å². The first kappa shape index (κ1) is 25.5. The Bertz CT molecular complexity index is 1520. The molecule has 39 heavy (non-hydrogen) atoms. The number of aromatic nitrogens is 2. The minimum absolute atomic E-state index is 0.00760. The summed E-state index contributed by atoms with van der Waals surface area (Å²) in [4.78, 5) is 16.1. The predicted octanol–water partition coefficient (Wildman–Crippen LogP) is 7.92. The maximum atomic E-state index is 13.9. The number of hydrogen-bond acceptors (Lipinski definition) is 3. The average molecular weight is 535 g/mol. The van der Waals surface area contributed by atoms with Gasteiger partial charge in [-0.05, 0) is 72.7 Å². The molecule has 0 bridgehead atoms. The first-order valence-electron chi connectivity index (χ1n) is 13.4. The molecule has 1 N–H and O–H groups in total. The number of aryl methyl sites for hydroxylation is 1. The van der Waals surface area contributed by atoms with Crippen molar-refractivity contribution in [1.29, 1.82) is 0 Å². The smallest absolute Gasteiger partial charge is 0.416 e. The van der Waals surface area contributed by atoms with Crippen LogP contribution >= 0.6 is 0 Å². The van der Waals surface area contributed by atoms with Gasteiger partial charge in [0.05, 0.1) is 17.7 Å². The lowest BCUT2D eigenvalue weighted by molar-refractivity contribution is -0.139. The number of alkyl halides is 3. The summed E-state index contributed by atoms with van der Waals surface area (Å²) in [5.74, 6) is -0.472. The number of benzene rings is 2. The average Bonchev–Trinajstić information content (AvgIpc) is 3.65. The van der Waals surface area contributed by atoms with Gasteiger partial charge in [-0.15, -0.1) is 0 Å². The molecule has 4 aromatic rings. The van der Waals surface area contributed by atoms with Crippen LogP contribution in [-0.2, 0) is 24.1 Å². The van der Waals surface area contributed by atoms with Crippen molar-refractivity contribution in [3.05, 3.63) is 83.2 Å². The zero-order valence-electron chi connectivity index (χ0n) is 21.4. The van der Waals surface area contributed by atoms with Crippen molar-refractivity contribution in [2.24, 2.45) is 0 Å². The molecular weight excluding hydrogens is 505 g/mol. The predicted molar refractivity (Wildman–Crippen MR) is 142 cm³/mol. The number of fused-ring (bicyclic) bond motifs is 3. The standard InChI is InChI=1S/C31H29F3N2O3/c32-31(33,34)25-15-19(8-10-23(25)20-5-1-2-6-20)18-39-22-9-11-27-24(17-22)29(26-7-3-4-13-35-26)30-21(16-28(37)38)12-14-36(27)30/h3-4,7-11,13,15,17,20-21H,1-2,5-6,12,14,16,18H2,(H,37,38)/t21-/m0/s1. The molecule has 3 heterocycles. The molecule has 202 valence electrons. The van der Waals surface area contributed by atoms with E-state index in [4.69, 9.17) is 4.74 Å². The van der Waals surface area contributed by atoms with E-state index >= 15 is 0 Å². The van der Waals surface area contributed by atoms with Crippen LogP contribution < -0.4 is 4.74 Å². The summed E-state index contributed by atoms with van der Waals surface area (Å²) in [6, 6.07) is 15.9. The highest BCUT2D eigenvalue weighted by Crippen LogP contribution is 2.46. The zero-order chi connectivity index (χ0) is 27.1. The molecule has 2 aromatic carbocycles. The van der Waals surface area contributed by atoms with E-state index in [-0.39, 0.29) is 24.9 Å².